The van der Waals surface area contributed by atoms with Crippen LogP contribution < -0.4 is 5.32 Å². The van der Waals surface area contributed by atoms with Gasteiger partial charge < -0.3 is 20.6 Å². The van der Waals surface area contributed by atoms with Gasteiger partial charge in [-0.1, -0.05) is 24.3 Å². The number of benzene rings is 2. The zero-order valence-electron chi connectivity index (χ0n) is 10.7. The number of anilines is 1. The minimum Gasteiger partial charge on any atom is -0.508 e. The number of hydrogen-bond acceptors (Lipinski definition) is 4. The molecular weight excluding hydrogens is 258 g/mol. The van der Waals surface area contributed by atoms with Crippen LogP contribution in [0.3, 0.4) is 0 Å². The maximum Gasteiger partial charge on any atom is 0.326 e. The summed E-state index contributed by atoms with van der Waals surface area (Å²) in [5.41, 5.74) is 1.15. The normalized spacial score (nSPS) is 11.8. The Hall–Kier alpha value is -2.69. The van der Waals surface area contributed by atoms with Crippen molar-refractivity contribution in [1.29, 1.82) is 0 Å². The number of para-hydroxylation sites is 2. The maximum absolute atomic E-state index is 11.3. The highest BCUT2D eigenvalue weighted by Gasteiger charge is 2.18. The molecule has 104 valence electrons. The number of nitrogens with one attached hydrogen (secondary N) is 1. The van der Waals surface area contributed by atoms with Crippen LogP contribution in [0.15, 0.2) is 48.5 Å². The second kappa shape index (κ2) is 5.97. The molecule has 0 fully saturated rings. The molecule has 5 heteroatoms. The van der Waals surface area contributed by atoms with Crippen LogP contribution in [0.1, 0.15) is 5.56 Å². The van der Waals surface area contributed by atoms with Gasteiger partial charge in [-0.25, -0.2) is 4.79 Å². The lowest BCUT2D eigenvalue weighted by molar-refractivity contribution is -0.137. The van der Waals surface area contributed by atoms with Crippen molar-refractivity contribution in [3.8, 4) is 11.5 Å². The van der Waals surface area contributed by atoms with Gasteiger partial charge in [-0.15, -0.1) is 0 Å². The van der Waals surface area contributed by atoms with Gasteiger partial charge in [0.2, 0.25) is 0 Å². The smallest absolute Gasteiger partial charge is 0.326 e. The Morgan fingerprint density at radius 1 is 1.05 bits per heavy atom. The molecule has 1 atom stereocenters. The summed E-state index contributed by atoms with van der Waals surface area (Å²) in [5.74, 6) is -0.875. The van der Waals surface area contributed by atoms with Crippen LogP contribution in [0.4, 0.5) is 5.69 Å². The monoisotopic (exact) mass is 273 g/mol. The molecular formula is C15H15NO4. The predicted molar refractivity (Wildman–Crippen MR) is 75.0 cm³/mol. The lowest BCUT2D eigenvalue weighted by Crippen LogP contribution is -2.31. The van der Waals surface area contributed by atoms with Crippen LogP contribution in [0.25, 0.3) is 0 Å². The van der Waals surface area contributed by atoms with Gasteiger partial charge in [0, 0.05) is 6.42 Å². The van der Waals surface area contributed by atoms with Crippen molar-refractivity contribution < 1.29 is 20.1 Å². The zero-order valence-corrected chi connectivity index (χ0v) is 10.7. The third-order valence-electron chi connectivity index (χ3n) is 2.91. The first-order chi connectivity index (χ1) is 9.56. The van der Waals surface area contributed by atoms with Gasteiger partial charge in [0.25, 0.3) is 0 Å². The van der Waals surface area contributed by atoms with E-state index >= 15 is 0 Å². The summed E-state index contributed by atoms with van der Waals surface area (Å²) in [6, 6.07) is 12.0. The van der Waals surface area contributed by atoms with Crippen molar-refractivity contribution in [2.24, 2.45) is 0 Å². The number of phenols is 2. The number of carboxylic acid groups (broad SMARTS) is 1. The number of phenolic OH excluding ortho intramolecular Hbond substituents is 2. The van der Waals surface area contributed by atoms with E-state index < -0.39 is 12.0 Å². The van der Waals surface area contributed by atoms with Crippen LogP contribution in [0.2, 0.25) is 0 Å². The molecule has 4 N–H and O–H groups in total. The highest BCUT2D eigenvalue weighted by atomic mass is 16.4. The molecule has 0 bridgehead atoms. The van der Waals surface area contributed by atoms with Gasteiger partial charge in [-0.3, -0.25) is 0 Å². The molecule has 0 aliphatic carbocycles. The van der Waals surface area contributed by atoms with Crippen LogP contribution in [0, 0.1) is 0 Å². The fourth-order valence-corrected chi connectivity index (χ4v) is 1.85. The van der Waals surface area contributed by atoms with Gasteiger partial charge in [0.05, 0.1) is 5.69 Å². The minimum atomic E-state index is -1.01. The summed E-state index contributed by atoms with van der Waals surface area (Å²) in [7, 11) is 0. The third-order valence-corrected chi connectivity index (χ3v) is 2.91. The average Bonchev–Trinajstić information content (AvgIpc) is 2.42. The van der Waals surface area contributed by atoms with Crippen molar-refractivity contribution in [1.82, 2.24) is 0 Å². The van der Waals surface area contributed by atoms with Crippen LogP contribution in [-0.4, -0.2) is 27.3 Å². The Bertz CT molecular complexity index is 595. The Labute approximate surface area is 116 Å². The molecule has 1 unspecified atom stereocenters. The molecule has 5 nitrogen and oxygen atoms in total. The molecule has 0 radical (unpaired) electrons. The van der Waals surface area contributed by atoms with Crippen molar-refractivity contribution in [2.75, 3.05) is 5.32 Å². The molecule has 2 rings (SSSR count). The van der Waals surface area contributed by atoms with Gasteiger partial charge in [-0.05, 0) is 29.8 Å². The summed E-state index contributed by atoms with van der Waals surface area (Å²) in [6.45, 7) is 0. The SMILES string of the molecule is O=C(O)C(Cc1ccc(O)cc1)Nc1ccccc1O. The highest BCUT2D eigenvalue weighted by molar-refractivity contribution is 5.78. The summed E-state index contributed by atoms with van der Waals surface area (Å²) in [4.78, 5) is 11.3. The fraction of sp³-hybridized carbons (Fsp3) is 0.133. The number of carbonyl (C=O) groups is 1. The summed E-state index contributed by atoms with van der Waals surface area (Å²) < 4.78 is 0. The summed E-state index contributed by atoms with van der Waals surface area (Å²) >= 11 is 0. The molecule has 0 heterocycles. The van der Waals surface area contributed by atoms with Gasteiger partial charge in [0.15, 0.2) is 0 Å². The largest absolute Gasteiger partial charge is 0.508 e. The molecule has 20 heavy (non-hydrogen) atoms. The van der Waals surface area contributed by atoms with Crippen molar-refractivity contribution in [3.63, 3.8) is 0 Å². The van der Waals surface area contributed by atoms with E-state index in [0.717, 1.165) is 5.56 Å². The molecule has 0 saturated heterocycles. The molecule has 2 aromatic rings. The van der Waals surface area contributed by atoms with E-state index in [4.69, 9.17) is 0 Å². The summed E-state index contributed by atoms with van der Waals surface area (Å²) in [6.07, 6.45) is 0.240. The first kappa shape index (κ1) is 13.7. The molecule has 0 amide bonds. The van der Waals surface area contributed by atoms with E-state index in [1.54, 1.807) is 30.3 Å². The zero-order chi connectivity index (χ0) is 14.5. The van der Waals surface area contributed by atoms with Gasteiger partial charge >= 0.3 is 5.97 Å². The number of rotatable bonds is 5. The quantitative estimate of drug-likeness (QED) is 0.627. The summed E-state index contributed by atoms with van der Waals surface area (Å²) in [5, 5.41) is 30.9. The van der Waals surface area contributed by atoms with Crippen molar-refractivity contribution >= 4 is 11.7 Å². The first-order valence-electron chi connectivity index (χ1n) is 6.11. The van der Waals surface area contributed by atoms with E-state index in [1.807, 2.05) is 0 Å². The third kappa shape index (κ3) is 3.41. The molecule has 0 aliphatic rings. The number of aromatic hydroxyl groups is 2. The maximum atomic E-state index is 11.3. The van der Waals surface area contributed by atoms with E-state index in [0.29, 0.717) is 5.69 Å². The molecule has 2 aromatic carbocycles. The van der Waals surface area contributed by atoms with Crippen molar-refractivity contribution in [3.05, 3.63) is 54.1 Å². The molecule has 0 spiro atoms. The molecule has 0 aliphatic heterocycles. The number of carboxylic acids is 1. The van der Waals surface area contributed by atoms with E-state index in [1.165, 1.54) is 18.2 Å². The molecule has 0 saturated carbocycles. The average molecular weight is 273 g/mol. The Morgan fingerprint density at radius 2 is 1.70 bits per heavy atom. The van der Waals surface area contributed by atoms with Gasteiger partial charge in [0.1, 0.15) is 17.5 Å². The number of aliphatic carboxylic acids is 1. The predicted octanol–water partition coefficient (Wildman–Crippen LogP) is 2.21. The number of hydrogen-bond donors (Lipinski definition) is 4. The fourth-order valence-electron chi connectivity index (χ4n) is 1.85. The van der Waals surface area contributed by atoms with Crippen LogP contribution >= 0.6 is 0 Å². The molecule has 0 aromatic heterocycles. The standard InChI is InChI=1S/C15H15NO4/c17-11-7-5-10(6-8-11)9-13(15(19)20)16-12-3-1-2-4-14(12)18/h1-8,13,16-18H,9H2,(H,19,20). The van der Waals surface area contributed by atoms with E-state index in [9.17, 15) is 20.1 Å². The Balaban J connectivity index is 2.14. The minimum absolute atomic E-state index is 0.00413. The van der Waals surface area contributed by atoms with E-state index in [2.05, 4.69) is 5.32 Å². The highest BCUT2D eigenvalue weighted by Crippen LogP contribution is 2.23. The van der Waals surface area contributed by atoms with Crippen molar-refractivity contribution in [2.45, 2.75) is 12.5 Å². The topological polar surface area (TPSA) is 89.8 Å². The van der Waals surface area contributed by atoms with Crippen LogP contribution in [0.5, 0.6) is 11.5 Å². The second-order valence-corrected chi connectivity index (χ2v) is 4.42. The second-order valence-electron chi connectivity index (χ2n) is 4.42. The van der Waals surface area contributed by atoms with Gasteiger partial charge in [-0.2, -0.15) is 0 Å². The first-order valence-corrected chi connectivity index (χ1v) is 6.11. The lowest BCUT2D eigenvalue weighted by atomic mass is 10.1. The van der Waals surface area contributed by atoms with Crippen LogP contribution in [-0.2, 0) is 11.2 Å². The lowest BCUT2D eigenvalue weighted by Gasteiger charge is -2.16. The Morgan fingerprint density at radius 3 is 2.30 bits per heavy atom. The Kier molecular flexibility index (Phi) is 4.10. The van der Waals surface area contributed by atoms with E-state index in [-0.39, 0.29) is 17.9 Å².